The minimum absolute atomic E-state index is 0.0337. The van der Waals surface area contributed by atoms with Gasteiger partial charge >= 0.3 is 5.69 Å². The lowest BCUT2D eigenvalue weighted by Crippen LogP contribution is -2.17. The fraction of sp³-hybridized carbons (Fsp3) is 0.125. The van der Waals surface area contributed by atoms with E-state index in [0.717, 1.165) is 12.3 Å². The number of nitro benzene ring substituents is 1. The van der Waals surface area contributed by atoms with Crippen LogP contribution >= 0.6 is 0 Å². The van der Waals surface area contributed by atoms with E-state index in [2.05, 4.69) is 10.5 Å². The highest BCUT2D eigenvalue weighted by Crippen LogP contribution is 2.36. The van der Waals surface area contributed by atoms with Gasteiger partial charge in [-0.2, -0.15) is 5.10 Å². The molecule has 0 saturated carbocycles. The summed E-state index contributed by atoms with van der Waals surface area (Å²) in [4.78, 5) is 22.1. The monoisotopic (exact) mass is 345 g/mol. The van der Waals surface area contributed by atoms with Gasteiger partial charge in [-0.25, -0.2) is 5.43 Å². The molecule has 0 saturated heterocycles. The molecule has 2 rings (SSSR count). The topological polar surface area (TPSA) is 134 Å². The first-order valence-corrected chi connectivity index (χ1v) is 7.19. The third-order valence-corrected chi connectivity index (χ3v) is 3.10. The highest BCUT2D eigenvalue weighted by atomic mass is 16.6. The molecule has 0 atom stereocenters. The molecule has 9 heteroatoms. The maximum atomic E-state index is 11.9. The van der Waals surface area contributed by atoms with Crippen LogP contribution < -0.4 is 10.2 Å². The number of hydrogen-bond acceptors (Lipinski definition) is 7. The molecule has 0 radical (unpaired) electrons. The third-order valence-electron chi connectivity index (χ3n) is 3.10. The van der Waals surface area contributed by atoms with Gasteiger partial charge in [0.2, 0.25) is 5.75 Å². The van der Waals surface area contributed by atoms with Crippen LogP contribution in [0, 0.1) is 10.1 Å². The Labute approximate surface area is 142 Å². The zero-order valence-corrected chi connectivity index (χ0v) is 13.2. The number of hydrogen-bond donors (Lipinski definition) is 3. The van der Waals surface area contributed by atoms with E-state index in [9.17, 15) is 25.1 Å². The number of carbonyl (C=O) groups is 1. The van der Waals surface area contributed by atoms with Crippen LogP contribution in [0.5, 0.6) is 17.2 Å². The molecule has 0 unspecified atom stereocenters. The Bertz CT molecular complexity index is 835. The molecule has 25 heavy (non-hydrogen) atoms. The number of ether oxygens (including phenoxy) is 1. The maximum Gasteiger partial charge on any atom is 0.315 e. The van der Waals surface area contributed by atoms with E-state index >= 15 is 0 Å². The first-order chi connectivity index (χ1) is 11.9. The van der Waals surface area contributed by atoms with Crippen LogP contribution in [0.4, 0.5) is 5.69 Å². The molecule has 0 bridgehead atoms. The second-order valence-electron chi connectivity index (χ2n) is 4.79. The van der Waals surface area contributed by atoms with Gasteiger partial charge in [-0.05, 0) is 25.1 Å². The van der Waals surface area contributed by atoms with Crippen molar-refractivity contribution in [3.63, 3.8) is 0 Å². The lowest BCUT2D eigenvalue weighted by Gasteiger charge is -2.07. The molecular weight excluding hydrogens is 330 g/mol. The van der Waals surface area contributed by atoms with Gasteiger partial charge in [0.15, 0.2) is 5.75 Å². The van der Waals surface area contributed by atoms with E-state index in [-0.39, 0.29) is 29.2 Å². The Morgan fingerprint density at radius 2 is 2.08 bits per heavy atom. The highest BCUT2D eigenvalue weighted by molar-refractivity contribution is 5.97. The molecule has 9 nitrogen and oxygen atoms in total. The number of amides is 1. The molecule has 2 aromatic rings. The lowest BCUT2D eigenvalue weighted by molar-refractivity contribution is -0.386. The van der Waals surface area contributed by atoms with Gasteiger partial charge in [-0.15, -0.1) is 0 Å². The molecule has 0 aromatic heterocycles. The maximum absolute atomic E-state index is 11.9. The average Bonchev–Trinajstić information content (AvgIpc) is 2.57. The molecule has 3 N–H and O–H groups in total. The molecule has 1 amide bonds. The first kappa shape index (κ1) is 17.7. The fourth-order valence-electron chi connectivity index (χ4n) is 1.98. The number of carbonyl (C=O) groups excluding carboxylic acids is 1. The number of aromatic hydroxyl groups is 2. The van der Waals surface area contributed by atoms with Gasteiger partial charge in [0, 0.05) is 11.6 Å². The molecule has 130 valence electrons. The Hall–Kier alpha value is -3.62. The number of nitro groups is 1. The number of hydrazone groups is 1. The van der Waals surface area contributed by atoms with Crippen LogP contribution in [0.2, 0.25) is 0 Å². The summed E-state index contributed by atoms with van der Waals surface area (Å²) < 4.78 is 5.14. The van der Waals surface area contributed by atoms with E-state index in [0.29, 0.717) is 0 Å². The smallest absolute Gasteiger partial charge is 0.315 e. The molecule has 0 aliphatic heterocycles. The molecule has 0 spiro atoms. The van der Waals surface area contributed by atoms with Crippen molar-refractivity contribution in [1.29, 1.82) is 0 Å². The Balaban J connectivity index is 2.21. The number of rotatable bonds is 6. The van der Waals surface area contributed by atoms with E-state index < -0.39 is 22.3 Å². The van der Waals surface area contributed by atoms with Crippen molar-refractivity contribution < 1.29 is 24.7 Å². The van der Waals surface area contributed by atoms with Crippen molar-refractivity contribution in [2.24, 2.45) is 5.10 Å². The van der Waals surface area contributed by atoms with Gasteiger partial charge in [0.25, 0.3) is 5.91 Å². The molecule has 0 heterocycles. The fourth-order valence-corrected chi connectivity index (χ4v) is 1.98. The predicted molar refractivity (Wildman–Crippen MR) is 89.1 cm³/mol. The minimum atomic E-state index is -0.754. The number of phenols is 2. The van der Waals surface area contributed by atoms with E-state index in [4.69, 9.17) is 4.74 Å². The van der Waals surface area contributed by atoms with Gasteiger partial charge in [-0.1, -0.05) is 12.1 Å². The van der Waals surface area contributed by atoms with Crippen LogP contribution in [0.15, 0.2) is 41.5 Å². The van der Waals surface area contributed by atoms with Crippen molar-refractivity contribution >= 4 is 17.8 Å². The Morgan fingerprint density at radius 3 is 2.72 bits per heavy atom. The number of benzene rings is 2. The summed E-state index contributed by atoms with van der Waals surface area (Å²) in [5.74, 6) is -1.49. The largest absolute Gasteiger partial charge is 0.507 e. The number of phenolic OH excluding ortho intramolecular Hbond substituents is 2. The molecule has 0 fully saturated rings. The summed E-state index contributed by atoms with van der Waals surface area (Å²) >= 11 is 0. The second kappa shape index (κ2) is 7.77. The Morgan fingerprint density at radius 1 is 1.36 bits per heavy atom. The van der Waals surface area contributed by atoms with E-state index in [1.165, 1.54) is 18.2 Å². The molecule has 2 aromatic carbocycles. The highest BCUT2D eigenvalue weighted by Gasteiger charge is 2.19. The quantitative estimate of drug-likeness (QED) is 0.417. The van der Waals surface area contributed by atoms with Crippen LogP contribution in [0.25, 0.3) is 0 Å². The average molecular weight is 345 g/mol. The lowest BCUT2D eigenvalue weighted by atomic mass is 10.2. The number of nitrogens with zero attached hydrogens (tertiary/aromatic N) is 2. The standard InChI is InChI=1S/C16H15N3O6/c1-2-25-14-8-10(7-12(15(14)21)19(23)24)9-17-18-16(22)11-5-3-4-6-13(11)20/h3-9,20-21H,2H2,1H3,(H,18,22)/b17-9-. The second-order valence-corrected chi connectivity index (χ2v) is 4.79. The van der Waals surface area contributed by atoms with Crippen LogP contribution in [0.1, 0.15) is 22.8 Å². The summed E-state index contributed by atoms with van der Waals surface area (Å²) in [5, 5.41) is 34.1. The van der Waals surface area contributed by atoms with Gasteiger partial charge in [0.05, 0.1) is 23.3 Å². The molecule has 0 aliphatic rings. The van der Waals surface area contributed by atoms with Crippen LogP contribution in [-0.2, 0) is 0 Å². The normalized spacial score (nSPS) is 10.6. The van der Waals surface area contributed by atoms with E-state index in [1.807, 2.05) is 0 Å². The van der Waals surface area contributed by atoms with Crippen LogP contribution in [0.3, 0.4) is 0 Å². The zero-order chi connectivity index (χ0) is 18.4. The number of nitrogens with one attached hydrogen (secondary N) is 1. The zero-order valence-electron chi connectivity index (χ0n) is 13.2. The summed E-state index contributed by atoms with van der Waals surface area (Å²) in [7, 11) is 0. The van der Waals surface area contributed by atoms with Gasteiger partial charge in [-0.3, -0.25) is 14.9 Å². The van der Waals surface area contributed by atoms with E-state index in [1.54, 1.807) is 19.1 Å². The van der Waals surface area contributed by atoms with Crippen molar-refractivity contribution in [2.45, 2.75) is 6.92 Å². The van der Waals surface area contributed by atoms with Crippen molar-refractivity contribution in [3.8, 4) is 17.2 Å². The Kier molecular flexibility index (Phi) is 5.51. The van der Waals surface area contributed by atoms with Crippen molar-refractivity contribution in [1.82, 2.24) is 5.43 Å². The summed E-state index contributed by atoms with van der Waals surface area (Å²) in [6, 6.07) is 8.36. The third kappa shape index (κ3) is 4.22. The molecular formula is C16H15N3O6. The van der Waals surface area contributed by atoms with Gasteiger partial charge < -0.3 is 14.9 Å². The summed E-state index contributed by atoms with van der Waals surface area (Å²) in [6.45, 7) is 1.87. The van der Waals surface area contributed by atoms with Gasteiger partial charge in [0.1, 0.15) is 5.75 Å². The van der Waals surface area contributed by atoms with Crippen LogP contribution in [-0.4, -0.2) is 33.9 Å². The summed E-state index contributed by atoms with van der Waals surface area (Å²) in [5.41, 5.74) is 1.93. The first-order valence-electron chi connectivity index (χ1n) is 7.19. The predicted octanol–water partition coefficient (Wildman–Crippen LogP) is 2.17. The molecule has 0 aliphatic carbocycles. The van der Waals surface area contributed by atoms with Crippen molar-refractivity contribution in [2.75, 3.05) is 6.61 Å². The minimum Gasteiger partial charge on any atom is -0.507 e. The SMILES string of the molecule is CCOc1cc(/C=N\NC(=O)c2ccccc2O)cc([N+](=O)[O-])c1O. The summed E-state index contributed by atoms with van der Waals surface area (Å²) in [6.07, 6.45) is 1.16. The van der Waals surface area contributed by atoms with Crippen molar-refractivity contribution in [3.05, 3.63) is 57.6 Å². The number of para-hydroxylation sites is 1.